The standard InChI is InChI=1S/C21H22F2N2O2/c1-14(27)25-19(11-26)20(15-5-3-2-4-6-15)21(25)12-24(13-21)10-16-9-17(22)7-8-18(16)23/h2-9,19-20,26H,10-13H2,1H3/t19-,20-/m1/s1. The number of aliphatic hydroxyl groups is 1. The fourth-order valence-corrected chi connectivity index (χ4v) is 4.93. The Bertz CT molecular complexity index is 853. The molecule has 2 atom stereocenters. The van der Waals surface area contributed by atoms with Crippen LogP contribution in [0, 0.1) is 11.6 Å². The summed E-state index contributed by atoms with van der Waals surface area (Å²) in [5.41, 5.74) is 1.00. The predicted molar refractivity (Wildman–Crippen MR) is 96.9 cm³/mol. The molecule has 2 aromatic carbocycles. The van der Waals surface area contributed by atoms with E-state index in [4.69, 9.17) is 0 Å². The number of hydrogen-bond donors (Lipinski definition) is 1. The molecule has 0 unspecified atom stereocenters. The van der Waals surface area contributed by atoms with Crippen molar-refractivity contribution in [2.45, 2.75) is 31.0 Å². The Morgan fingerprint density at radius 2 is 1.89 bits per heavy atom. The van der Waals surface area contributed by atoms with Gasteiger partial charge in [0.15, 0.2) is 0 Å². The minimum absolute atomic E-state index is 0.0289. The zero-order chi connectivity index (χ0) is 19.2. The van der Waals surface area contributed by atoms with Gasteiger partial charge in [0.05, 0.1) is 18.2 Å². The molecule has 0 radical (unpaired) electrons. The van der Waals surface area contributed by atoms with E-state index in [9.17, 15) is 18.7 Å². The summed E-state index contributed by atoms with van der Waals surface area (Å²) in [5.74, 6) is -0.931. The molecule has 142 valence electrons. The lowest BCUT2D eigenvalue weighted by Crippen LogP contribution is -2.85. The fourth-order valence-electron chi connectivity index (χ4n) is 4.93. The van der Waals surface area contributed by atoms with Gasteiger partial charge in [-0.15, -0.1) is 0 Å². The predicted octanol–water partition coefficient (Wildman–Crippen LogP) is 2.53. The molecular formula is C21H22F2N2O2. The third kappa shape index (κ3) is 2.84. The molecule has 0 aromatic heterocycles. The highest BCUT2D eigenvalue weighted by molar-refractivity contribution is 5.77. The zero-order valence-electron chi connectivity index (χ0n) is 15.1. The summed E-state index contributed by atoms with van der Waals surface area (Å²) >= 11 is 0. The molecule has 2 fully saturated rings. The quantitative estimate of drug-likeness (QED) is 0.897. The van der Waals surface area contributed by atoms with Gasteiger partial charge < -0.3 is 10.0 Å². The molecule has 0 bridgehead atoms. The van der Waals surface area contributed by atoms with E-state index in [-0.39, 0.29) is 24.5 Å². The van der Waals surface area contributed by atoms with E-state index in [1.54, 1.807) is 4.90 Å². The van der Waals surface area contributed by atoms with Crippen molar-refractivity contribution >= 4 is 5.91 Å². The molecule has 4 rings (SSSR count). The highest BCUT2D eigenvalue weighted by Gasteiger charge is 2.66. The van der Waals surface area contributed by atoms with Crippen molar-refractivity contribution in [2.24, 2.45) is 0 Å². The summed E-state index contributed by atoms with van der Waals surface area (Å²) in [5, 5.41) is 9.86. The number of rotatable bonds is 4. The van der Waals surface area contributed by atoms with Crippen molar-refractivity contribution in [3.63, 3.8) is 0 Å². The molecule has 0 saturated carbocycles. The average molecular weight is 372 g/mol. The fraction of sp³-hybridized carbons (Fsp3) is 0.381. The summed E-state index contributed by atoms with van der Waals surface area (Å²) in [4.78, 5) is 16.0. The van der Waals surface area contributed by atoms with Gasteiger partial charge in [-0.25, -0.2) is 8.78 Å². The largest absolute Gasteiger partial charge is 0.394 e. The van der Waals surface area contributed by atoms with Gasteiger partial charge >= 0.3 is 0 Å². The Kier molecular flexibility index (Phi) is 4.48. The first-order valence-corrected chi connectivity index (χ1v) is 9.08. The van der Waals surface area contributed by atoms with Gasteiger partial charge in [0.1, 0.15) is 11.6 Å². The third-order valence-corrected chi connectivity index (χ3v) is 5.86. The van der Waals surface area contributed by atoms with Crippen molar-refractivity contribution in [1.82, 2.24) is 9.80 Å². The van der Waals surface area contributed by atoms with E-state index in [0.29, 0.717) is 25.2 Å². The summed E-state index contributed by atoms with van der Waals surface area (Å²) in [6, 6.07) is 13.1. The first-order valence-electron chi connectivity index (χ1n) is 9.08. The number of carbonyl (C=O) groups excluding carboxylic acids is 1. The topological polar surface area (TPSA) is 43.8 Å². The van der Waals surface area contributed by atoms with Gasteiger partial charge in [0.2, 0.25) is 5.91 Å². The molecule has 2 heterocycles. The van der Waals surface area contributed by atoms with E-state index >= 15 is 0 Å². The molecule has 6 heteroatoms. The van der Waals surface area contributed by atoms with Crippen LogP contribution in [-0.2, 0) is 11.3 Å². The summed E-state index contributed by atoms with van der Waals surface area (Å²) in [6.45, 7) is 2.85. The maximum atomic E-state index is 14.0. The summed E-state index contributed by atoms with van der Waals surface area (Å²) in [6.07, 6.45) is 0. The Morgan fingerprint density at radius 1 is 1.19 bits per heavy atom. The van der Waals surface area contributed by atoms with E-state index in [0.717, 1.165) is 17.7 Å². The van der Waals surface area contributed by atoms with Gasteiger partial charge in [-0.3, -0.25) is 9.69 Å². The molecule has 2 aliphatic rings. The lowest BCUT2D eigenvalue weighted by atomic mass is 9.60. The SMILES string of the molecule is CC(=O)N1[C@H](CO)[C@@H](c2ccccc2)C12CN(Cc1cc(F)ccc1F)C2. The highest BCUT2D eigenvalue weighted by atomic mass is 19.1. The van der Waals surface area contributed by atoms with Crippen LogP contribution in [0.1, 0.15) is 24.0 Å². The first-order chi connectivity index (χ1) is 13.0. The molecule has 0 aliphatic carbocycles. The highest BCUT2D eigenvalue weighted by Crippen LogP contribution is 2.54. The van der Waals surface area contributed by atoms with E-state index in [1.165, 1.54) is 13.0 Å². The van der Waals surface area contributed by atoms with Crippen molar-refractivity contribution < 1.29 is 18.7 Å². The number of aliphatic hydroxyl groups excluding tert-OH is 1. The number of benzene rings is 2. The molecule has 4 nitrogen and oxygen atoms in total. The van der Waals surface area contributed by atoms with Crippen LogP contribution >= 0.6 is 0 Å². The van der Waals surface area contributed by atoms with Gasteiger partial charge in [-0.1, -0.05) is 30.3 Å². The second-order valence-corrected chi connectivity index (χ2v) is 7.51. The van der Waals surface area contributed by atoms with Gasteiger partial charge in [-0.2, -0.15) is 0 Å². The van der Waals surface area contributed by atoms with E-state index in [2.05, 4.69) is 0 Å². The van der Waals surface area contributed by atoms with E-state index in [1.807, 2.05) is 35.2 Å². The van der Waals surface area contributed by atoms with Crippen LogP contribution in [0.4, 0.5) is 8.78 Å². The van der Waals surface area contributed by atoms with Gasteiger partial charge in [0.25, 0.3) is 0 Å². The molecule has 1 N–H and O–H groups in total. The van der Waals surface area contributed by atoms with Crippen LogP contribution in [0.2, 0.25) is 0 Å². The van der Waals surface area contributed by atoms with E-state index < -0.39 is 17.2 Å². The molecular weight excluding hydrogens is 350 g/mol. The minimum atomic E-state index is -0.460. The Hall–Kier alpha value is -2.31. The number of likely N-dealkylation sites (tertiary alicyclic amines) is 2. The second-order valence-electron chi connectivity index (χ2n) is 7.51. The van der Waals surface area contributed by atoms with Crippen molar-refractivity contribution in [2.75, 3.05) is 19.7 Å². The zero-order valence-corrected chi connectivity index (χ0v) is 15.1. The van der Waals surface area contributed by atoms with Gasteiger partial charge in [-0.05, 0) is 23.8 Å². The minimum Gasteiger partial charge on any atom is -0.394 e. The van der Waals surface area contributed by atoms with Crippen LogP contribution in [0.15, 0.2) is 48.5 Å². The maximum Gasteiger partial charge on any atom is 0.220 e. The molecule has 1 amide bonds. The maximum absolute atomic E-state index is 14.0. The normalized spacial score (nSPS) is 23.8. The van der Waals surface area contributed by atoms with Crippen molar-refractivity contribution in [3.8, 4) is 0 Å². The monoisotopic (exact) mass is 372 g/mol. The number of hydrogen-bond acceptors (Lipinski definition) is 3. The molecule has 1 spiro atoms. The third-order valence-electron chi connectivity index (χ3n) is 5.86. The Morgan fingerprint density at radius 3 is 2.52 bits per heavy atom. The van der Waals surface area contributed by atoms with Crippen LogP contribution in [0.25, 0.3) is 0 Å². The molecule has 2 saturated heterocycles. The summed E-state index contributed by atoms with van der Waals surface area (Å²) < 4.78 is 27.4. The summed E-state index contributed by atoms with van der Waals surface area (Å²) in [7, 11) is 0. The number of nitrogens with zero attached hydrogens (tertiary/aromatic N) is 2. The average Bonchev–Trinajstić information content (AvgIpc) is 2.59. The Balaban J connectivity index is 1.57. The molecule has 2 aromatic rings. The number of amides is 1. The first kappa shape index (κ1) is 18.1. The van der Waals surface area contributed by atoms with Crippen LogP contribution < -0.4 is 0 Å². The number of carbonyl (C=O) groups is 1. The Labute approximate surface area is 157 Å². The second kappa shape index (κ2) is 6.69. The smallest absolute Gasteiger partial charge is 0.220 e. The number of halogens is 2. The lowest BCUT2D eigenvalue weighted by Gasteiger charge is -2.70. The van der Waals surface area contributed by atoms with Crippen LogP contribution in [0.3, 0.4) is 0 Å². The van der Waals surface area contributed by atoms with Crippen LogP contribution in [-0.4, -0.2) is 52.1 Å². The molecule has 2 aliphatic heterocycles. The van der Waals surface area contributed by atoms with Gasteiger partial charge in [0, 0.05) is 38.0 Å². The van der Waals surface area contributed by atoms with Crippen molar-refractivity contribution in [3.05, 3.63) is 71.3 Å². The lowest BCUT2D eigenvalue weighted by molar-refractivity contribution is -0.199. The van der Waals surface area contributed by atoms with Crippen molar-refractivity contribution in [1.29, 1.82) is 0 Å². The van der Waals surface area contributed by atoms with Crippen LogP contribution in [0.5, 0.6) is 0 Å². The molecule has 27 heavy (non-hydrogen) atoms.